The summed E-state index contributed by atoms with van der Waals surface area (Å²) in [6.45, 7) is 1.61. The summed E-state index contributed by atoms with van der Waals surface area (Å²) in [4.78, 5) is 36.8. The number of hydrogen-bond acceptors (Lipinski definition) is 4. The normalized spacial score (nSPS) is 28.5. The fourth-order valence-corrected chi connectivity index (χ4v) is 2.09. The Morgan fingerprint density at radius 2 is 2.07 bits per heavy atom. The molecule has 6 nitrogen and oxygen atoms in total. The summed E-state index contributed by atoms with van der Waals surface area (Å²) >= 11 is 0. The molecule has 2 heterocycles. The summed E-state index contributed by atoms with van der Waals surface area (Å²) in [5, 5.41) is 2.01. The molecule has 2 aliphatic rings. The number of nitrogens with one attached hydrogen (secondary N) is 1. The molecule has 0 aromatic heterocycles. The van der Waals surface area contributed by atoms with Gasteiger partial charge in [-0.25, -0.2) is 4.79 Å². The Morgan fingerprint density at radius 3 is 2.60 bits per heavy atom. The van der Waals surface area contributed by atoms with Gasteiger partial charge >= 0.3 is 17.8 Å². The van der Waals surface area contributed by atoms with Gasteiger partial charge in [-0.3, -0.25) is 19.8 Å². The van der Waals surface area contributed by atoms with Gasteiger partial charge in [0.05, 0.1) is 6.04 Å². The number of nitrogens with zero attached hydrogens (tertiary/aromatic N) is 2. The van der Waals surface area contributed by atoms with E-state index in [0.717, 1.165) is 24.3 Å². The van der Waals surface area contributed by atoms with Crippen molar-refractivity contribution in [1.29, 1.82) is 0 Å². The second-order valence-electron chi connectivity index (χ2n) is 3.99. The molecule has 0 aromatic carbocycles. The van der Waals surface area contributed by atoms with Crippen LogP contribution in [-0.2, 0) is 9.59 Å². The van der Waals surface area contributed by atoms with E-state index in [4.69, 9.17) is 0 Å². The van der Waals surface area contributed by atoms with Gasteiger partial charge in [0, 0.05) is 6.54 Å². The van der Waals surface area contributed by atoms with Crippen molar-refractivity contribution in [2.24, 2.45) is 0 Å². The standard InChI is InChI=1S/C9H13N3O3/c1-11-4-2-3-6(5-11)12-8(14)7(13)10-9(12)15/h6H,2-5H2,1H3,(H,10,13,15). The fraction of sp³-hybridized carbons (Fsp3) is 0.667. The van der Waals surface area contributed by atoms with Crippen molar-refractivity contribution in [3.05, 3.63) is 0 Å². The van der Waals surface area contributed by atoms with Gasteiger partial charge in [0.25, 0.3) is 0 Å². The first kappa shape index (κ1) is 10.1. The highest BCUT2D eigenvalue weighted by atomic mass is 16.2. The molecule has 2 rings (SSSR count). The Kier molecular flexibility index (Phi) is 2.44. The molecular formula is C9H13N3O3. The molecule has 0 spiro atoms. The number of likely N-dealkylation sites (N-methyl/N-ethyl adjacent to an activating group) is 1. The van der Waals surface area contributed by atoms with Crippen molar-refractivity contribution in [3.8, 4) is 0 Å². The Hall–Kier alpha value is -1.43. The molecule has 0 saturated carbocycles. The number of rotatable bonds is 1. The number of hydrogen-bond donors (Lipinski definition) is 1. The molecule has 2 saturated heterocycles. The van der Waals surface area contributed by atoms with Crippen molar-refractivity contribution < 1.29 is 14.4 Å². The lowest BCUT2D eigenvalue weighted by molar-refractivity contribution is -0.141. The molecule has 4 amide bonds. The summed E-state index contributed by atoms with van der Waals surface area (Å²) in [6.07, 6.45) is 1.71. The van der Waals surface area contributed by atoms with Crippen molar-refractivity contribution >= 4 is 17.8 Å². The quantitative estimate of drug-likeness (QED) is 0.453. The van der Waals surface area contributed by atoms with E-state index in [1.807, 2.05) is 12.4 Å². The van der Waals surface area contributed by atoms with E-state index in [1.54, 1.807) is 0 Å². The zero-order chi connectivity index (χ0) is 11.0. The summed E-state index contributed by atoms with van der Waals surface area (Å²) in [7, 11) is 1.94. The third-order valence-electron chi connectivity index (χ3n) is 2.82. The second-order valence-corrected chi connectivity index (χ2v) is 3.99. The van der Waals surface area contributed by atoms with Gasteiger partial charge in [-0.2, -0.15) is 0 Å². The van der Waals surface area contributed by atoms with Gasteiger partial charge in [0.1, 0.15) is 0 Å². The lowest BCUT2D eigenvalue weighted by Gasteiger charge is -2.33. The second kappa shape index (κ2) is 3.62. The summed E-state index contributed by atoms with van der Waals surface area (Å²) in [5.74, 6) is -1.53. The number of piperidine rings is 1. The lowest BCUT2D eigenvalue weighted by atomic mass is 10.1. The number of likely N-dealkylation sites (tertiary alicyclic amines) is 1. The van der Waals surface area contributed by atoms with Crippen molar-refractivity contribution in [1.82, 2.24) is 15.1 Å². The third-order valence-corrected chi connectivity index (χ3v) is 2.82. The van der Waals surface area contributed by atoms with Gasteiger partial charge in [-0.1, -0.05) is 0 Å². The molecule has 6 heteroatoms. The van der Waals surface area contributed by atoms with Crippen LogP contribution >= 0.6 is 0 Å². The number of carbonyl (C=O) groups is 3. The molecule has 0 aliphatic carbocycles. The van der Waals surface area contributed by atoms with Gasteiger partial charge in [0.2, 0.25) is 0 Å². The minimum Gasteiger partial charge on any atom is -0.304 e. The molecule has 1 unspecified atom stereocenters. The first-order chi connectivity index (χ1) is 7.09. The maximum Gasteiger partial charge on any atom is 0.331 e. The van der Waals surface area contributed by atoms with Crippen LogP contribution in [0.5, 0.6) is 0 Å². The van der Waals surface area contributed by atoms with E-state index in [-0.39, 0.29) is 6.04 Å². The van der Waals surface area contributed by atoms with Crippen LogP contribution in [0, 0.1) is 0 Å². The van der Waals surface area contributed by atoms with E-state index >= 15 is 0 Å². The Bertz CT molecular complexity index is 329. The van der Waals surface area contributed by atoms with Crippen LogP contribution in [0.15, 0.2) is 0 Å². The van der Waals surface area contributed by atoms with Crippen LogP contribution in [0.4, 0.5) is 4.79 Å². The highest BCUT2D eigenvalue weighted by Crippen LogP contribution is 2.17. The first-order valence-electron chi connectivity index (χ1n) is 4.96. The summed E-state index contributed by atoms with van der Waals surface area (Å²) in [5.41, 5.74) is 0. The topological polar surface area (TPSA) is 69.7 Å². The molecular weight excluding hydrogens is 198 g/mol. The average Bonchev–Trinajstić information content (AvgIpc) is 2.41. The van der Waals surface area contributed by atoms with Gasteiger partial charge in [-0.05, 0) is 26.4 Å². The third kappa shape index (κ3) is 1.72. The lowest BCUT2D eigenvalue weighted by Crippen LogP contribution is -2.49. The molecule has 0 aromatic rings. The maximum absolute atomic E-state index is 11.4. The molecule has 15 heavy (non-hydrogen) atoms. The van der Waals surface area contributed by atoms with Crippen LogP contribution in [0.25, 0.3) is 0 Å². The van der Waals surface area contributed by atoms with Gasteiger partial charge < -0.3 is 4.90 Å². The molecule has 82 valence electrons. The smallest absolute Gasteiger partial charge is 0.304 e. The molecule has 0 bridgehead atoms. The minimum absolute atomic E-state index is 0.164. The van der Waals surface area contributed by atoms with Crippen molar-refractivity contribution in [2.45, 2.75) is 18.9 Å². The molecule has 2 aliphatic heterocycles. The van der Waals surface area contributed by atoms with Crippen LogP contribution in [0.1, 0.15) is 12.8 Å². The molecule has 2 fully saturated rings. The summed E-state index contributed by atoms with van der Waals surface area (Å²) < 4.78 is 0. The first-order valence-corrected chi connectivity index (χ1v) is 4.96. The Balaban J connectivity index is 2.12. The van der Waals surface area contributed by atoms with Gasteiger partial charge in [-0.15, -0.1) is 0 Å². The van der Waals surface area contributed by atoms with E-state index in [2.05, 4.69) is 4.90 Å². The number of urea groups is 1. The van der Waals surface area contributed by atoms with E-state index in [9.17, 15) is 14.4 Å². The predicted molar refractivity (Wildman–Crippen MR) is 50.9 cm³/mol. The zero-order valence-electron chi connectivity index (χ0n) is 8.52. The van der Waals surface area contributed by atoms with Crippen LogP contribution in [-0.4, -0.2) is 53.8 Å². The monoisotopic (exact) mass is 211 g/mol. The van der Waals surface area contributed by atoms with E-state index in [0.29, 0.717) is 6.54 Å². The van der Waals surface area contributed by atoms with Crippen LogP contribution < -0.4 is 5.32 Å². The Labute approximate surface area is 87.2 Å². The fourth-order valence-electron chi connectivity index (χ4n) is 2.09. The highest BCUT2D eigenvalue weighted by Gasteiger charge is 2.42. The number of amides is 4. The predicted octanol–water partition coefficient (Wildman–Crippen LogP) is -0.841. The Morgan fingerprint density at radius 1 is 1.33 bits per heavy atom. The van der Waals surface area contributed by atoms with E-state index in [1.165, 1.54) is 0 Å². The molecule has 1 atom stereocenters. The minimum atomic E-state index is -0.812. The average molecular weight is 211 g/mol. The SMILES string of the molecule is CN1CCCC(N2C(=O)NC(=O)C2=O)C1. The van der Waals surface area contributed by atoms with Gasteiger partial charge in [0.15, 0.2) is 0 Å². The van der Waals surface area contributed by atoms with Crippen LogP contribution in [0.2, 0.25) is 0 Å². The number of imide groups is 2. The highest BCUT2D eigenvalue weighted by molar-refractivity contribution is 6.44. The summed E-state index contributed by atoms with van der Waals surface area (Å²) in [6, 6.07) is -0.743. The van der Waals surface area contributed by atoms with Crippen molar-refractivity contribution in [2.75, 3.05) is 20.1 Å². The van der Waals surface area contributed by atoms with Crippen molar-refractivity contribution in [3.63, 3.8) is 0 Å². The number of carbonyl (C=O) groups excluding carboxylic acids is 3. The maximum atomic E-state index is 11.4. The van der Waals surface area contributed by atoms with E-state index < -0.39 is 17.8 Å². The largest absolute Gasteiger partial charge is 0.331 e. The zero-order valence-corrected chi connectivity index (χ0v) is 8.52. The molecule has 0 radical (unpaired) electrons. The molecule has 1 N–H and O–H groups in total. The van der Waals surface area contributed by atoms with Crippen LogP contribution in [0.3, 0.4) is 0 Å².